The Morgan fingerprint density at radius 2 is 1.94 bits per heavy atom. The molecule has 3 nitrogen and oxygen atoms in total. The lowest BCUT2D eigenvalue weighted by atomic mass is 9.75. The normalized spacial score (nSPS) is 29.2. The smallest absolute Gasteiger partial charge is 0.154 e. The van der Waals surface area contributed by atoms with Crippen molar-refractivity contribution in [3.8, 4) is 0 Å². The van der Waals surface area contributed by atoms with Crippen LogP contribution in [0.5, 0.6) is 0 Å². The Hall–Kier alpha value is -0.0900. The fourth-order valence-corrected chi connectivity index (χ4v) is 5.14. The van der Waals surface area contributed by atoms with E-state index in [4.69, 9.17) is 0 Å². The summed E-state index contributed by atoms with van der Waals surface area (Å²) in [5, 5.41) is 3.17. The fourth-order valence-electron chi connectivity index (χ4n) is 2.83. The molecular formula is C13H27NO2S. The van der Waals surface area contributed by atoms with Crippen molar-refractivity contribution in [2.45, 2.75) is 64.7 Å². The summed E-state index contributed by atoms with van der Waals surface area (Å²) in [5.41, 5.74) is 0.164. The average Bonchev–Trinajstić information content (AvgIpc) is 2.20. The van der Waals surface area contributed by atoms with Crippen molar-refractivity contribution in [3.05, 3.63) is 0 Å². The molecule has 1 aliphatic carbocycles. The minimum atomic E-state index is -2.94. The third-order valence-corrected chi connectivity index (χ3v) is 6.15. The molecule has 1 N–H and O–H groups in total. The number of sulfone groups is 1. The van der Waals surface area contributed by atoms with Gasteiger partial charge in [-0.2, -0.15) is 0 Å². The number of hydrogen-bond donors (Lipinski definition) is 1. The zero-order chi connectivity index (χ0) is 13.1. The van der Waals surface area contributed by atoms with E-state index in [1.807, 2.05) is 13.8 Å². The molecule has 0 heterocycles. The first-order valence-corrected chi connectivity index (χ1v) is 8.49. The van der Waals surface area contributed by atoms with Crippen molar-refractivity contribution in [3.63, 3.8) is 0 Å². The van der Waals surface area contributed by atoms with E-state index in [1.54, 1.807) is 0 Å². The van der Waals surface area contributed by atoms with Gasteiger partial charge in [-0.1, -0.05) is 27.7 Å². The molecule has 0 aromatic rings. The molecule has 102 valence electrons. The quantitative estimate of drug-likeness (QED) is 0.826. The van der Waals surface area contributed by atoms with Crippen LogP contribution in [0.15, 0.2) is 0 Å². The molecule has 2 atom stereocenters. The van der Waals surface area contributed by atoms with Crippen LogP contribution in [0.4, 0.5) is 0 Å². The van der Waals surface area contributed by atoms with Crippen molar-refractivity contribution >= 4 is 9.84 Å². The molecule has 1 saturated carbocycles. The molecule has 1 aliphatic rings. The lowest BCUT2D eigenvalue weighted by molar-refractivity contribution is 0.210. The Bertz CT molecular complexity index is 335. The molecule has 0 radical (unpaired) electrons. The molecule has 0 aromatic heterocycles. The molecule has 0 aromatic carbocycles. The highest BCUT2D eigenvalue weighted by Gasteiger charge is 2.41. The SMILES string of the molecule is CCCS(=O)(=O)C1CC(C)(C)CCC1NCC. The predicted molar refractivity (Wildman–Crippen MR) is 73.0 cm³/mol. The summed E-state index contributed by atoms with van der Waals surface area (Å²) >= 11 is 0. The first-order chi connectivity index (χ1) is 7.82. The minimum absolute atomic E-state index is 0.157. The van der Waals surface area contributed by atoms with Crippen molar-refractivity contribution in [1.29, 1.82) is 0 Å². The lowest BCUT2D eigenvalue weighted by Gasteiger charge is -2.40. The molecule has 1 rings (SSSR count). The van der Waals surface area contributed by atoms with E-state index in [2.05, 4.69) is 19.2 Å². The first-order valence-electron chi connectivity index (χ1n) is 6.77. The third kappa shape index (κ3) is 3.95. The second-order valence-electron chi connectivity index (χ2n) is 5.98. The Morgan fingerprint density at radius 3 is 2.47 bits per heavy atom. The molecule has 1 fully saturated rings. The highest BCUT2D eigenvalue weighted by Crippen LogP contribution is 2.38. The van der Waals surface area contributed by atoms with Gasteiger partial charge in [0.1, 0.15) is 0 Å². The molecule has 0 bridgehead atoms. The summed E-state index contributed by atoms with van der Waals surface area (Å²) in [4.78, 5) is 0. The second kappa shape index (κ2) is 5.70. The van der Waals surface area contributed by atoms with E-state index in [0.717, 1.165) is 32.2 Å². The fraction of sp³-hybridized carbons (Fsp3) is 1.00. The molecule has 0 aliphatic heterocycles. The van der Waals surface area contributed by atoms with Gasteiger partial charge in [0.15, 0.2) is 9.84 Å². The summed E-state index contributed by atoms with van der Waals surface area (Å²) < 4.78 is 24.6. The van der Waals surface area contributed by atoms with Crippen LogP contribution in [0.25, 0.3) is 0 Å². The van der Waals surface area contributed by atoms with Crippen molar-refractivity contribution in [1.82, 2.24) is 5.32 Å². The lowest BCUT2D eigenvalue weighted by Crippen LogP contribution is -2.50. The van der Waals surface area contributed by atoms with E-state index in [1.165, 1.54) is 0 Å². The Morgan fingerprint density at radius 1 is 1.29 bits per heavy atom. The van der Waals surface area contributed by atoms with Gasteiger partial charge in [0.05, 0.1) is 11.0 Å². The van der Waals surface area contributed by atoms with Crippen LogP contribution in [0.2, 0.25) is 0 Å². The third-order valence-electron chi connectivity index (χ3n) is 3.75. The molecular weight excluding hydrogens is 234 g/mol. The van der Waals surface area contributed by atoms with Crippen LogP contribution < -0.4 is 5.32 Å². The molecule has 0 spiro atoms. The Balaban J connectivity index is 2.88. The van der Waals surface area contributed by atoms with Crippen LogP contribution in [-0.4, -0.2) is 32.0 Å². The van der Waals surface area contributed by atoms with E-state index in [9.17, 15) is 8.42 Å². The van der Waals surface area contributed by atoms with Crippen molar-refractivity contribution in [2.24, 2.45) is 5.41 Å². The van der Waals surface area contributed by atoms with Gasteiger partial charge in [-0.05, 0) is 37.6 Å². The monoisotopic (exact) mass is 261 g/mol. The van der Waals surface area contributed by atoms with Crippen molar-refractivity contribution in [2.75, 3.05) is 12.3 Å². The number of nitrogens with one attached hydrogen (secondary N) is 1. The minimum Gasteiger partial charge on any atom is -0.313 e. The van der Waals surface area contributed by atoms with Gasteiger partial charge in [0.2, 0.25) is 0 Å². The van der Waals surface area contributed by atoms with Crippen LogP contribution in [0.1, 0.15) is 53.4 Å². The van der Waals surface area contributed by atoms with Crippen LogP contribution in [-0.2, 0) is 9.84 Å². The molecule has 0 amide bonds. The summed E-state index contributed by atoms with van der Waals surface area (Å²) in [6.45, 7) is 9.20. The molecule has 2 unspecified atom stereocenters. The number of rotatable bonds is 5. The van der Waals surface area contributed by atoms with Gasteiger partial charge in [-0.3, -0.25) is 0 Å². The largest absolute Gasteiger partial charge is 0.313 e. The van der Waals surface area contributed by atoms with Gasteiger partial charge >= 0.3 is 0 Å². The second-order valence-corrected chi connectivity index (χ2v) is 8.32. The summed E-state index contributed by atoms with van der Waals surface area (Å²) in [7, 11) is -2.94. The number of hydrogen-bond acceptors (Lipinski definition) is 3. The zero-order valence-electron chi connectivity index (χ0n) is 11.6. The summed E-state index contributed by atoms with van der Waals surface area (Å²) in [6.07, 6.45) is 3.61. The Labute approximate surface area is 106 Å². The van der Waals surface area contributed by atoms with E-state index < -0.39 is 9.84 Å². The first kappa shape index (κ1) is 15.0. The van der Waals surface area contributed by atoms with Gasteiger partial charge in [-0.25, -0.2) is 8.42 Å². The van der Waals surface area contributed by atoms with E-state index >= 15 is 0 Å². The predicted octanol–water partition coefficient (Wildman–Crippen LogP) is 2.37. The van der Waals surface area contributed by atoms with E-state index in [0.29, 0.717) is 5.75 Å². The summed E-state index contributed by atoms with van der Waals surface area (Å²) in [6, 6.07) is 0.157. The van der Waals surface area contributed by atoms with Gasteiger partial charge in [0, 0.05) is 6.04 Å². The van der Waals surface area contributed by atoms with Gasteiger partial charge in [0.25, 0.3) is 0 Å². The maximum atomic E-state index is 12.3. The van der Waals surface area contributed by atoms with Gasteiger partial charge in [-0.15, -0.1) is 0 Å². The van der Waals surface area contributed by atoms with Crippen LogP contribution >= 0.6 is 0 Å². The highest BCUT2D eigenvalue weighted by molar-refractivity contribution is 7.92. The average molecular weight is 261 g/mol. The molecule has 17 heavy (non-hydrogen) atoms. The summed E-state index contributed by atoms with van der Waals surface area (Å²) in [5.74, 6) is 0.329. The zero-order valence-corrected chi connectivity index (χ0v) is 12.4. The standard InChI is InChI=1S/C13H27NO2S/c1-5-9-17(15,16)12-10-13(3,4)8-7-11(12)14-6-2/h11-12,14H,5-10H2,1-4H3. The molecule has 4 heteroatoms. The Kier molecular flexibility index (Phi) is 5.02. The molecule has 0 saturated heterocycles. The maximum Gasteiger partial charge on any atom is 0.154 e. The highest BCUT2D eigenvalue weighted by atomic mass is 32.2. The van der Waals surface area contributed by atoms with Crippen LogP contribution in [0.3, 0.4) is 0 Å². The van der Waals surface area contributed by atoms with Crippen LogP contribution in [0, 0.1) is 5.41 Å². The topological polar surface area (TPSA) is 46.2 Å². The maximum absolute atomic E-state index is 12.3. The van der Waals surface area contributed by atoms with Gasteiger partial charge < -0.3 is 5.32 Å². The van der Waals surface area contributed by atoms with Crippen molar-refractivity contribution < 1.29 is 8.42 Å². The van der Waals surface area contributed by atoms with E-state index in [-0.39, 0.29) is 16.7 Å².